The van der Waals surface area contributed by atoms with Crippen LogP contribution in [0.25, 0.3) is 28.0 Å². The summed E-state index contributed by atoms with van der Waals surface area (Å²) in [5.74, 6) is -0.990. The molecule has 1 aromatic carbocycles. The van der Waals surface area contributed by atoms with Gasteiger partial charge in [-0.15, -0.1) is 0 Å². The van der Waals surface area contributed by atoms with Gasteiger partial charge in [-0.2, -0.15) is 4.98 Å². The first-order valence-corrected chi connectivity index (χ1v) is 13.8. The van der Waals surface area contributed by atoms with E-state index in [0.717, 1.165) is 43.2 Å². The molecule has 0 spiro atoms. The Kier molecular flexibility index (Phi) is 8.18. The number of aromatic nitrogens is 3. The maximum atomic E-state index is 12.5. The van der Waals surface area contributed by atoms with E-state index in [9.17, 15) is 14.7 Å². The summed E-state index contributed by atoms with van der Waals surface area (Å²) in [6, 6.07) is 10.2. The number of likely N-dealkylation sites (N-methyl/N-ethyl adjacent to an activating group) is 1. The Labute approximate surface area is 231 Å². The number of aliphatic hydroxyl groups excluding tert-OH is 1. The van der Waals surface area contributed by atoms with Crippen molar-refractivity contribution in [3.63, 3.8) is 0 Å². The predicted molar refractivity (Wildman–Crippen MR) is 148 cm³/mol. The molecule has 2 aliphatic rings. The van der Waals surface area contributed by atoms with Crippen LogP contribution in [0.15, 0.2) is 36.4 Å². The van der Waals surface area contributed by atoms with Gasteiger partial charge in [-0.05, 0) is 62.1 Å². The monoisotopic (exact) mass is 552 g/mol. The van der Waals surface area contributed by atoms with Crippen LogP contribution in [0.4, 0.5) is 0 Å². The third-order valence-corrected chi connectivity index (χ3v) is 8.10. The molecule has 3 N–H and O–H groups in total. The molecule has 1 unspecified atom stereocenters. The Morgan fingerprint density at radius 3 is 2.44 bits per heavy atom. The third kappa shape index (κ3) is 6.09. The van der Waals surface area contributed by atoms with Crippen LogP contribution < -0.4 is 4.74 Å². The topological polar surface area (TPSA) is 129 Å². The Hall–Kier alpha value is -3.43. The number of allylic oxidation sites excluding steroid dienone is 2. The molecular formula is C29H33ClN4O5. The molecule has 1 saturated carbocycles. The van der Waals surface area contributed by atoms with Gasteiger partial charge in [0.05, 0.1) is 28.8 Å². The molecular weight excluding hydrogens is 520 g/mol. The number of aliphatic carboxylic acids is 1. The SMILES string of the molecule is CN(CCO)C(=O)[C@H]1CC[C@H](Oc2nc3nc(-c4ccc(C5=CCC(C(=O)O)CC5)cc4)c(Cl)cc3[nH]2)CC1. The molecule has 2 heterocycles. The summed E-state index contributed by atoms with van der Waals surface area (Å²) in [6.07, 6.45) is 6.91. The van der Waals surface area contributed by atoms with Gasteiger partial charge >= 0.3 is 5.97 Å². The molecule has 10 heteroatoms. The number of carboxylic acids is 1. The highest BCUT2D eigenvalue weighted by Crippen LogP contribution is 2.34. The van der Waals surface area contributed by atoms with Gasteiger partial charge in [0.2, 0.25) is 5.91 Å². The number of halogens is 1. The maximum Gasteiger partial charge on any atom is 0.306 e. The zero-order valence-corrected chi connectivity index (χ0v) is 22.7. The number of hydrogen-bond donors (Lipinski definition) is 3. The summed E-state index contributed by atoms with van der Waals surface area (Å²) in [7, 11) is 1.72. The van der Waals surface area contributed by atoms with Crippen LogP contribution in [-0.2, 0) is 9.59 Å². The number of carbonyl (C=O) groups excluding carboxylic acids is 1. The van der Waals surface area contributed by atoms with Gasteiger partial charge in [0.1, 0.15) is 6.10 Å². The second-order valence-electron chi connectivity index (χ2n) is 10.4. The van der Waals surface area contributed by atoms with Crippen molar-refractivity contribution in [3.05, 3.63) is 47.0 Å². The third-order valence-electron chi connectivity index (χ3n) is 7.81. The normalized spacial score (nSPS) is 21.4. The molecule has 3 aromatic rings. The van der Waals surface area contributed by atoms with Crippen LogP contribution in [0.3, 0.4) is 0 Å². The van der Waals surface area contributed by atoms with Crippen LogP contribution in [-0.4, -0.2) is 68.2 Å². The van der Waals surface area contributed by atoms with Gasteiger partial charge in [0, 0.05) is 25.1 Å². The lowest BCUT2D eigenvalue weighted by molar-refractivity contribution is -0.142. The minimum atomic E-state index is -0.731. The minimum absolute atomic E-state index is 0.0351. The summed E-state index contributed by atoms with van der Waals surface area (Å²) in [6.45, 7) is 0.315. The van der Waals surface area contributed by atoms with Crippen molar-refractivity contribution in [1.82, 2.24) is 19.9 Å². The standard InChI is InChI=1S/C29H33ClN4O5/c1-34(14-15-35)27(36)20-10-12-22(13-11-20)39-29-31-24-16-23(30)25(32-26(24)33-29)19-6-2-17(3-7-19)18-4-8-21(9-5-18)28(37)38/h2-4,6-7,16,20-22,35H,5,8-15H2,1H3,(H,37,38)(H,31,32,33)/t20-,21?,22-. The second-order valence-corrected chi connectivity index (χ2v) is 10.8. The molecule has 0 bridgehead atoms. The number of rotatable bonds is 8. The van der Waals surface area contributed by atoms with E-state index >= 15 is 0 Å². The number of hydrogen-bond acceptors (Lipinski definition) is 6. The van der Waals surface area contributed by atoms with Gasteiger partial charge < -0.3 is 24.8 Å². The van der Waals surface area contributed by atoms with Crippen molar-refractivity contribution in [2.24, 2.45) is 11.8 Å². The number of fused-ring (bicyclic) bond motifs is 1. The fraction of sp³-hybridized carbons (Fsp3) is 0.448. The lowest BCUT2D eigenvalue weighted by Gasteiger charge is -2.30. The number of carbonyl (C=O) groups is 2. The Morgan fingerprint density at radius 2 is 1.79 bits per heavy atom. The summed E-state index contributed by atoms with van der Waals surface area (Å²) in [5, 5.41) is 18.8. The van der Waals surface area contributed by atoms with Crippen molar-refractivity contribution < 1.29 is 24.5 Å². The number of aliphatic hydroxyl groups is 1. The largest absolute Gasteiger partial charge is 0.481 e. The average Bonchev–Trinajstić information content (AvgIpc) is 3.33. The minimum Gasteiger partial charge on any atom is -0.481 e. The Balaban J connectivity index is 1.24. The first-order valence-electron chi connectivity index (χ1n) is 13.4. The predicted octanol–water partition coefficient (Wildman–Crippen LogP) is 4.93. The molecule has 2 aliphatic carbocycles. The molecule has 206 valence electrons. The molecule has 2 aromatic heterocycles. The van der Waals surface area contributed by atoms with Gasteiger partial charge in [0.15, 0.2) is 5.65 Å². The number of ether oxygens (including phenoxy) is 1. The van der Waals surface area contributed by atoms with Crippen LogP contribution in [0.1, 0.15) is 50.5 Å². The number of amides is 1. The number of nitrogens with zero attached hydrogens (tertiary/aromatic N) is 3. The van der Waals surface area contributed by atoms with Gasteiger partial charge in [-0.25, -0.2) is 4.98 Å². The summed E-state index contributed by atoms with van der Waals surface area (Å²) in [5.41, 5.74) is 4.93. The van der Waals surface area contributed by atoms with Gasteiger partial charge in [-0.1, -0.05) is 41.9 Å². The highest BCUT2D eigenvalue weighted by Gasteiger charge is 2.29. The number of H-pyrrole nitrogens is 1. The molecule has 9 nitrogen and oxygen atoms in total. The lowest BCUT2D eigenvalue weighted by atomic mass is 9.86. The van der Waals surface area contributed by atoms with E-state index in [1.807, 2.05) is 30.3 Å². The van der Waals surface area contributed by atoms with E-state index in [1.165, 1.54) is 5.57 Å². The number of imidazole rings is 1. The molecule has 1 fully saturated rings. The van der Waals surface area contributed by atoms with Crippen molar-refractivity contribution in [1.29, 1.82) is 0 Å². The summed E-state index contributed by atoms with van der Waals surface area (Å²) in [4.78, 5) is 37.7. The molecule has 0 saturated heterocycles. The second kappa shape index (κ2) is 11.8. The van der Waals surface area contributed by atoms with Crippen molar-refractivity contribution in [2.75, 3.05) is 20.2 Å². The highest BCUT2D eigenvalue weighted by molar-refractivity contribution is 6.33. The molecule has 39 heavy (non-hydrogen) atoms. The first-order chi connectivity index (χ1) is 18.8. The van der Waals surface area contributed by atoms with E-state index in [2.05, 4.69) is 9.97 Å². The maximum absolute atomic E-state index is 12.5. The number of pyridine rings is 1. The number of benzene rings is 1. The van der Waals surface area contributed by atoms with Crippen LogP contribution >= 0.6 is 11.6 Å². The first kappa shape index (κ1) is 27.1. The number of aromatic amines is 1. The van der Waals surface area contributed by atoms with E-state index in [0.29, 0.717) is 47.3 Å². The van der Waals surface area contributed by atoms with E-state index in [-0.39, 0.29) is 30.5 Å². The van der Waals surface area contributed by atoms with E-state index in [1.54, 1.807) is 18.0 Å². The fourth-order valence-corrected chi connectivity index (χ4v) is 5.73. The van der Waals surface area contributed by atoms with Crippen molar-refractivity contribution >= 4 is 40.2 Å². The van der Waals surface area contributed by atoms with Crippen LogP contribution in [0, 0.1) is 11.8 Å². The Bertz CT molecular complexity index is 1380. The molecule has 0 aliphatic heterocycles. The molecule has 1 atom stereocenters. The molecule has 0 radical (unpaired) electrons. The Morgan fingerprint density at radius 1 is 1.08 bits per heavy atom. The van der Waals surface area contributed by atoms with Gasteiger partial charge in [0.25, 0.3) is 6.01 Å². The summed E-state index contributed by atoms with van der Waals surface area (Å²) < 4.78 is 6.11. The van der Waals surface area contributed by atoms with Crippen LogP contribution in [0.5, 0.6) is 6.01 Å². The number of carboxylic acid groups (broad SMARTS) is 1. The lowest BCUT2D eigenvalue weighted by Crippen LogP contribution is -2.38. The number of nitrogens with one attached hydrogen (secondary N) is 1. The smallest absolute Gasteiger partial charge is 0.306 e. The average molecular weight is 553 g/mol. The quantitative estimate of drug-likeness (QED) is 0.361. The van der Waals surface area contributed by atoms with Crippen LogP contribution in [0.2, 0.25) is 5.02 Å². The van der Waals surface area contributed by atoms with E-state index in [4.69, 9.17) is 26.4 Å². The zero-order valence-electron chi connectivity index (χ0n) is 21.9. The van der Waals surface area contributed by atoms with Crippen molar-refractivity contribution in [3.8, 4) is 17.3 Å². The zero-order chi connectivity index (χ0) is 27.5. The van der Waals surface area contributed by atoms with E-state index < -0.39 is 5.97 Å². The van der Waals surface area contributed by atoms with Crippen molar-refractivity contribution in [2.45, 2.75) is 51.0 Å². The molecule has 5 rings (SSSR count). The molecule has 1 amide bonds. The summed E-state index contributed by atoms with van der Waals surface area (Å²) >= 11 is 6.60. The fourth-order valence-electron chi connectivity index (χ4n) is 5.47. The highest BCUT2D eigenvalue weighted by atomic mass is 35.5. The van der Waals surface area contributed by atoms with Gasteiger partial charge in [-0.3, -0.25) is 9.59 Å².